The summed E-state index contributed by atoms with van der Waals surface area (Å²) in [5.74, 6) is -1.44. The third-order valence-electron chi connectivity index (χ3n) is 3.74. The Labute approximate surface area is 176 Å². The number of primary amides is 1. The van der Waals surface area contributed by atoms with Crippen LogP contribution in [0.4, 0.5) is 5.00 Å². The molecule has 1 aromatic heterocycles. The van der Waals surface area contributed by atoms with Crippen molar-refractivity contribution in [1.29, 1.82) is 0 Å². The van der Waals surface area contributed by atoms with Gasteiger partial charge in [-0.2, -0.15) is 0 Å². The summed E-state index contributed by atoms with van der Waals surface area (Å²) in [6.07, 6.45) is -0.358. The molecule has 0 aliphatic carbocycles. The first kappa shape index (κ1) is 22.5. The highest BCUT2D eigenvalue weighted by Crippen LogP contribution is 2.36. The highest BCUT2D eigenvalue weighted by atomic mass is 35.5. The number of nitrogens with two attached hydrogens (primary N) is 1. The first-order chi connectivity index (χ1) is 13.8. The third-order valence-corrected chi connectivity index (χ3v) is 4.85. The monoisotopic (exact) mass is 440 g/mol. The number of thiophene rings is 1. The summed E-state index contributed by atoms with van der Waals surface area (Å²) in [6.45, 7) is 3.79. The smallest absolute Gasteiger partial charge is 0.339 e. The van der Waals surface area contributed by atoms with Crippen LogP contribution in [0.25, 0.3) is 0 Å². The van der Waals surface area contributed by atoms with E-state index in [4.69, 9.17) is 31.5 Å². The Balaban J connectivity index is 2.10. The SMILES string of the molecule is CCCOc1c(Cl)cc(C(=O)OC(C)C(=O)Nc2sccc2C(N)=O)cc1OC. The van der Waals surface area contributed by atoms with Crippen LogP contribution in [0, 0.1) is 0 Å². The van der Waals surface area contributed by atoms with Gasteiger partial charge in [-0.05, 0) is 36.9 Å². The lowest BCUT2D eigenvalue weighted by atomic mass is 10.2. The van der Waals surface area contributed by atoms with Crippen LogP contribution in [0.2, 0.25) is 5.02 Å². The lowest BCUT2D eigenvalue weighted by molar-refractivity contribution is -0.123. The van der Waals surface area contributed by atoms with E-state index in [1.165, 1.54) is 32.2 Å². The maximum Gasteiger partial charge on any atom is 0.339 e. The number of carbonyl (C=O) groups is 3. The number of hydrogen-bond acceptors (Lipinski definition) is 7. The topological polar surface area (TPSA) is 117 Å². The van der Waals surface area contributed by atoms with E-state index in [-0.39, 0.29) is 26.9 Å². The second-order valence-corrected chi connectivity index (χ2v) is 7.23. The number of anilines is 1. The van der Waals surface area contributed by atoms with E-state index in [1.54, 1.807) is 5.38 Å². The molecule has 2 amide bonds. The van der Waals surface area contributed by atoms with Gasteiger partial charge in [0.25, 0.3) is 11.8 Å². The van der Waals surface area contributed by atoms with E-state index >= 15 is 0 Å². The molecular formula is C19H21ClN2O6S. The fourth-order valence-corrected chi connectivity index (χ4v) is 3.34. The summed E-state index contributed by atoms with van der Waals surface area (Å²) < 4.78 is 16.0. The summed E-state index contributed by atoms with van der Waals surface area (Å²) in [4.78, 5) is 36.1. The van der Waals surface area contributed by atoms with Gasteiger partial charge in [-0.1, -0.05) is 18.5 Å². The van der Waals surface area contributed by atoms with Crippen LogP contribution in [-0.2, 0) is 9.53 Å². The Morgan fingerprint density at radius 3 is 2.66 bits per heavy atom. The van der Waals surface area contributed by atoms with Crippen LogP contribution in [0.3, 0.4) is 0 Å². The van der Waals surface area contributed by atoms with E-state index in [0.717, 1.165) is 17.8 Å². The van der Waals surface area contributed by atoms with Crippen molar-refractivity contribution in [2.75, 3.05) is 19.0 Å². The number of methoxy groups -OCH3 is 1. The van der Waals surface area contributed by atoms with Crippen molar-refractivity contribution < 1.29 is 28.6 Å². The van der Waals surface area contributed by atoms with E-state index in [1.807, 2.05) is 6.92 Å². The summed E-state index contributed by atoms with van der Waals surface area (Å²) >= 11 is 7.33. The van der Waals surface area contributed by atoms with Gasteiger partial charge >= 0.3 is 5.97 Å². The molecule has 8 nitrogen and oxygen atoms in total. The molecule has 1 aromatic carbocycles. The normalized spacial score (nSPS) is 11.4. The van der Waals surface area contributed by atoms with Crippen LogP contribution in [0.15, 0.2) is 23.6 Å². The maximum atomic E-state index is 12.5. The van der Waals surface area contributed by atoms with Crippen LogP contribution >= 0.6 is 22.9 Å². The van der Waals surface area contributed by atoms with E-state index in [0.29, 0.717) is 12.4 Å². The Kier molecular flexibility index (Phi) is 7.86. The second-order valence-electron chi connectivity index (χ2n) is 5.90. The minimum atomic E-state index is -1.13. The molecule has 3 N–H and O–H groups in total. The number of carbonyl (C=O) groups excluding carboxylic acids is 3. The van der Waals surface area contributed by atoms with E-state index in [9.17, 15) is 14.4 Å². The first-order valence-electron chi connectivity index (χ1n) is 8.67. The average Bonchev–Trinajstić information content (AvgIpc) is 3.14. The summed E-state index contributed by atoms with van der Waals surface area (Å²) in [6, 6.07) is 4.30. The lowest BCUT2D eigenvalue weighted by Crippen LogP contribution is -2.30. The van der Waals surface area contributed by atoms with E-state index in [2.05, 4.69) is 5.32 Å². The fourth-order valence-electron chi connectivity index (χ4n) is 2.28. The van der Waals surface area contributed by atoms with Crippen molar-refractivity contribution >= 4 is 45.7 Å². The van der Waals surface area contributed by atoms with Crippen molar-refractivity contribution in [3.8, 4) is 11.5 Å². The Morgan fingerprint density at radius 1 is 1.31 bits per heavy atom. The first-order valence-corrected chi connectivity index (χ1v) is 9.93. The molecule has 0 spiro atoms. The zero-order chi connectivity index (χ0) is 21.6. The van der Waals surface area contributed by atoms with Crippen molar-refractivity contribution in [3.63, 3.8) is 0 Å². The molecule has 29 heavy (non-hydrogen) atoms. The number of esters is 1. The Hall–Kier alpha value is -2.78. The number of halogens is 1. The van der Waals surface area contributed by atoms with Crippen LogP contribution in [0.5, 0.6) is 11.5 Å². The molecule has 0 saturated carbocycles. The standard InChI is InChI=1S/C19H21ClN2O6S/c1-4-6-27-15-13(20)8-11(9-14(15)26-3)19(25)28-10(2)17(24)22-18-12(16(21)23)5-7-29-18/h5,7-10H,4,6H2,1-3H3,(H2,21,23)(H,22,24). The van der Waals surface area contributed by atoms with Crippen molar-refractivity contribution in [2.24, 2.45) is 5.73 Å². The van der Waals surface area contributed by atoms with Crippen molar-refractivity contribution in [1.82, 2.24) is 0 Å². The highest BCUT2D eigenvalue weighted by molar-refractivity contribution is 7.14. The molecule has 1 atom stereocenters. The molecule has 0 bridgehead atoms. The maximum absolute atomic E-state index is 12.5. The predicted molar refractivity (Wildman–Crippen MR) is 110 cm³/mol. The number of rotatable bonds is 9. The van der Waals surface area contributed by atoms with Gasteiger partial charge in [-0.3, -0.25) is 9.59 Å². The number of hydrogen-bond donors (Lipinski definition) is 2. The summed E-state index contributed by atoms with van der Waals surface area (Å²) in [5, 5.41) is 4.61. The number of amides is 2. The van der Waals surface area contributed by atoms with Gasteiger partial charge in [-0.15, -0.1) is 11.3 Å². The summed E-state index contributed by atoms with van der Waals surface area (Å²) in [7, 11) is 1.42. The zero-order valence-electron chi connectivity index (χ0n) is 16.1. The van der Waals surface area contributed by atoms with Crippen LogP contribution in [-0.4, -0.2) is 37.6 Å². The molecule has 0 fully saturated rings. The quantitative estimate of drug-likeness (QED) is 0.576. The molecular weight excluding hydrogens is 420 g/mol. The number of nitrogens with one attached hydrogen (secondary N) is 1. The largest absolute Gasteiger partial charge is 0.493 e. The molecule has 1 unspecified atom stereocenters. The zero-order valence-corrected chi connectivity index (χ0v) is 17.7. The average molecular weight is 441 g/mol. The van der Waals surface area contributed by atoms with Crippen LogP contribution < -0.4 is 20.5 Å². The van der Waals surface area contributed by atoms with Gasteiger partial charge in [0, 0.05) is 0 Å². The van der Waals surface area contributed by atoms with Crippen molar-refractivity contribution in [2.45, 2.75) is 26.4 Å². The molecule has 0 aliphatic heterocycles. The third kappa shape index (κ3) is 5.61. The van der Waals surface area contributed by atoms with Crippen LogP contribution in [0.1, 0.15) is 41.0 Å². The summed E-state index contributed by atoms with van der Waals surface area (Å²) in [5.41, 5.74) is 5.53. The Bertz CT molecular complexity index is 914. The lowest BCUT2D eigenvalue weighted by Gasteiger charge is -2.16. The molecule has 0 saturated heterocycles. The molecule has 0 radical (unpaired) electrons. The fraction of sp³-hybridized carbons (Fsp3) is 0.316. The van der Waals surface area contributed by atoms with Gasteiger partial charge in [0.2, 0.25) is 0 Å². The highest BCUT2D eigenvalue weighted by Gasteiger charge is 2.23. The molecule has 1 heterocycles. The minimum Gasteiger partial charge on any atom is -0.493 e. The van der Waals surface area contributed by atoms with E-state index < -0.39 is 23.9 Å². The minimum absolute atomic E-state index is 0.101. The molecule has 0 aliphatic rings. The van der Waals surface area contributed by atoms with Gasteiger partial charge in [0.05, 0.1) is 29.9 Å². The number of ether oxygens (including phenoxy) is 3. The molecule has 2 aromatic rings. The van der Waals surface area contributed by atoms with Gasteiger partial charge in [0.1, 0.15) is 5.00 Å². The second kappa shape index (κ2) is 10.1. The van der Waals surface area contributed by atoms with Crippen molar-refractivity contribution in [3.05, 3.63) is 39.7 Å². The van der Waals surface area contributed by atoms with Gasteiger partial charge in [0.15, 0.2) is 17.6 Å². The Morgan fingerprint density at radius 2 is 2.03 bits per heavy atom. The molecule has 10 heteroatoms. The molecule has 156 valence electrons. The van der Waals surface area contributed by atoms with Gasteiger partial charge < -0.3 is 25.3 Å². The van der Waals surface area contributed by atoms with Gasteiger partial charge in [-0.25, -0.2) is 4.79 Å². The predicted octanol–water partition coefficient (Wildman–Crippen LogP) is 3.48. The number of benzene rings is 1. The molecule has 2 rings (SSSR count).